The molecule has 1 heterocycles. The lowest BCUT2D eigenvalue weighted by Crippen LogP contribution is -2.37. The van der Waals surface area contributed by atoms with E-state index in [0.29, 0.717) is 23.6 Å². The molecule has 4 nitrogen and oxygen atoms in total. The first-order valence-corrected chi connectivity index (χ1v) is 6.69. The molecule has 1 aromatic carbocycles. The van der Waals surface area contributed by atoms with Crippen LogP contribution in [-0.2, 0) is 5.41 Å². The van der Waals surface area contributed by atoms with Crippen LogP contribution in [0, 0.1) is 5.82 Å². The number of nitrogens with two attached hydrogens (primary N) is 1. The van der Waals surface area contributed by atoms with E-state index in [1.807, 2.05) is 0 Å². The van der Waals surface area contributed by atoms with Crippen LogP contribution in [0.25, 0.3) is 0 Å². The lowest BCUT2D eigenvalue weighted by molar-refractivity contribution is 0.170. The number of hydrogen-bond donors (Lipinski definition) is 2. The predicted octanol–water partition coefficient (Wildman–Crippen LogP) is 2.42. The van der Waals surface area contributed by atoms with Crippen molar-refractivity contribution in [1.29, 1.82) is 0 Å². The molecule has 5 heteroatoms. The van der Waals surface area contributed by atoms with Gasteiger partial charge in [0.25, 0.3) is 0 Å². The average Bonchev–Trinajstić information content (AvgIpc) is 2.88. The zero-order chi connectivity index (χ0) is 13.5. The van der Waals surface area contributed by atoms with E-state index in [0.717, 1.165) is 32.1 Å². The fourth-order valence-electron chi connectivity index (χ4n) is 3.28. The zero-order valence-electron chi connectivity index (χ0n) is 10.7. The number of halogens is 1. The minimum atomic E-state index is -0.669. The van der Waals surface area contributed by atoms with E-state index in [9.17, 15) is 9.50 Å². The van der Waals surface area contributed by atoms with Crippen molar-refractivity contribution in [2.75, 3.05) is 13.3 Å². The lowest BCUT2D eigenvalue weighted by atomic mass is 9.68. The number of hydrogen-bond acceptors (Lipinski definition) is 4. The van der Waals surface area contributed by atoms with Gasteiger partial charge in [0.2, 0.25) is 6.79 Å². The maximum atomic E-state index is 13.9. The molecule has 1 aliphatic heterocycles. The molecule has 0 saturated heterocycles. The van der Waals surface area contributed by atoms with Crippen LogP contribution in [0.3, 0.4) is 0 Å². The van der Waals surface area contributed by atoms with Gasteiger partial charge in [0.1, 0.15) is 0 Å². The molecular weight excluding hydrogens is 249 g/mol. The predicted molar refractivity (Wildman–Crippen MR) is 68.0 cm³/mol. The lowest BCUT2D eigenvalue weighted by Gasteiger charge is -2.37. The van der Waals surface area contributed by atoms with E-state index < -0.39 is 11.2 Å². The van der Waals surface area contributed by atoms with E-state index in [2.05, 4.69) is 0 Å². The molecule has 1 saturated carbocycles. The monoisotopic (exact) mass is 267 g/mol. The van der Waals surface area contributed by atoms with Crippen molar-refractivity contribution >= 4 is 0 Å². The Morgan fingerprint density at radius 1 is 1.26 bits per heavy atom. The molecule has 0 radical (unpaired) electrons. The SMILES string of the molecule is NCC1(c2c(O)c(F)cc3c2OCO3)CCCCC1. The van der Waals surface area contributed by atoms with Gasteiger partial charge in [0.15, 0.2) is 23.1 Å². The number of fused-ring (bicyclic) bond motifs is 1. The average molecular weight is 267 g/mol. The summed E-state index contributed by atoms with van der Waals surface area (Å²) in [5.74, 6) is -0.177. The zero-order valence-corrected chi connectivity index (χ0v) is 10.7. The Kier molecular flexibility index (Phi) is 3.01. The summed E-state index contributed by atoms with van der Waals surface area (Å²) in [6, 6.07) is 1.17. The van der Waals surface area contributed by atoms with Crippen molar-refractivity contribution in [2.45, 2.75) is 37.5 Å². The molecule has 0 atom stereocenters. The van der Waals surface area contributed by atoms with Crippen LogP contribution >= 0.6 is 0 Å². The summed E-state index contributed by atoms with van der Waals surface area (Å²) >= 11 is 0. The Morgan fingerprint density at radius 2 is 2.00 bits per heavy atom. The third kappa shape index (κ3) is 1.84. The fourth-order valence-corrected chi connectivity index (χ4v) is 3.28. The Morgan fingerprint density at radius 3 is 2.68 bits per heavy atom. The molecule has 0 amide bonds. The second-order valence-corrected chi connectivity index (χ2v) is 5.36. The first-order chi connectivity index (χ1) is 9.18. The van der Waals surface area contributed by atoms with Crippen LogP contribution in [0.2, 0.25) is 0 Å². The highest BCUT2D eigenvalue weighted by Crippen LogP contribution is 2.52. The summed E-state index contributed by atoms with van der Waals surface area (Å²) in [4.78, 5) is 0. The van der Waals surface area contributed by atoms with Crippen LogP contribution < -0.4 is 15.2 Å². The number of aromatic hydroxyl groups is 1. The fraction of sp³-hybridized carbons (Fsp3) is 0.571. The first kappa shape index (κ1) is 12.5. The van der Waals surface area contributed by atoms with Gasteiger partial charge in [0, 0.05) is 18.0 Å². The molecule has 19 heavy (non-hydrogen) atoms. The van der Waals surface area contributed by atoms with Gasteiger partial charge in [-0.2, -0.15) is 0 Å². The van der Waals surface area contributed by atoms with Gasteiger partial charge < -0.3 is 20.3 Å². The smallest absolute Gasteiger partial charge is 0.231 e. The largest absolute Gasteiger partial charge is 0.505 e. The molecule has 1 aromatic rings. The van der Waals surface area contributed by atoms with E-state index in [1.165, 1.54) is 6.07 Å². The van der Waals surface area contributed by atoms with Crippen molar-refractivity contribution in [3.05, 3.63) is 17.4 Å². The minimum Gasteiger partial charge on any atom is -0.505 e. The molecule has 2 aliphatic rings. The van der Waals surface area contributed by atoms with E-state index in [1.54, 1.807) is 0 Å². The number of rotatable bonds is 2. The van der Waals surface area contributed by atoms with Crippen molar-refractivity contribution in [3.63, 3.8) is 0 Å². The number of benzene rings is 1. The van der Waals surface area contributed by atoms with Crippen LogP contribution in [0.15, 0.2) is 6.07 Å². The van der Waals surface area contributed by atoms with Crippen molar-refractivity contribution < 1.29 is 19.0 Å². The van der Waals surface area contributed by atoms with E-state index in [-0.39, 0.29) is 12.5 Å². The van der Waals surface area contributed by atoms with E-state index >= 15 is 0 Å². The first-order valence-electron chi connectivity index (χ1n) is 6.69. The molecular formula is C14H18FNO3. The second-order valence-electron chi connectivity index (χ2n) is 5.36. The van der Waals surface area contributed by atoms with Gasteiger partial charge in [-0.15, -0.1) is 0 Å². The summed E-state index contributed by atoms with van der Waals surface area (Å²) in [5.41, 5.74) is 6.05. The van der Waals surface area contributed by atoms with Gasteiger partial charge in [-0.3, -0.25) is 0 Å². The Hall–Kier alpha value is -1.49. The summed E-state index contributed by atoms with van der Waals surface area (Å²) in [6.45, 7) is 0.436. The third-order valence-corrected chi connectivity index (χ3v) is 4.32. The van der Waals surface area contributed by atoms with Crippen LogP contribution in [-0.4, -0.2) is 18.4 Å². The molecule has 0 aromatic heterocycles. The Bertz CT molecular complexity index is 498. The van der Waals surface area contributed by atoms with Gasteiger partial charge in [-0.25, -0.2) is 4.39 Å². The number of phenols is 1. The minimum absolute atomic E-state index is 0.0614. The maximum absolute atomic E-state index is 13.9. The quantitative estimate of drug-likeness (QED) is 0.863. The molecule has 3 N–H and O–H groups in total. The van der Waals surface area contributed by atoms with Crippen LogP contribution in [0.1, 0.15) is 37.7 Å². The summed E-state index contributed by atoms with van der Waals surface area (Å²) in [7, 11) is 0. The molecule has 104 valence electrons. The van der Waals surface area contributed by atoms with Gasteiger partial charge in [-0.1, -0.05) is 19.3 Å². The highest BCUT2D eigenvalue weighted by molar-refractivity contribution is 5.59. The molecule has 3 rings (SSSR count). The normalized spacial score (nSPS) is 20.5. The summed E-state index contributed by atoms with van der Waals surface area (Å²) in [5, 5.41) is 10.1. The third-order valence-electron chi connectivity index (χ3n) is 4.32. The maximum Gasteiger partial charge on any atom is 0.231 e. The second kappa shape index (κ2) is 4.56. The Balaban J connectivity index is 2.17. The van der Waals surface area contributed by atoms with Crippen molar-refractivity contribution in [1.82, 2.24) is 0 Å². The standard InChI is InChI=1S/C14H18FNO3/c15-9-6-10-13(19-8-18-10)11(12(9)17)14(7-16)4-2-1-3-5-14/h6,17H,1-5,7-8,16H2. The molecule has 0 unspecified atom stereocenters. The molecule has 1 aliphatic carbocycles. The van der Waals surface area contributed by atoms with Crippen molar-refractivity contribution in [2.24, 2.45) is 5.73 Å². The molecule has 0 bridgehead atoms. The topological polar surface area (TPSA) is 64.7 Å². The molecule has 1 fully saturated rings. The van der Waals surface area contributed by atoms with Crippen LogP contribution in [0.5, 0.6) is 17.2 Å². The summed E-state index contributed by atoms with van der Waals surface area (Å²) < 4.78 is 24.6. The number of phenolic OH excluding ortho intramolecular Hbond substituents is 1. The van der Waals surface area contributed by atoms with E-state index in [4.69, 9.17) is 15.2 Å². The highest BCUT2D eigenvalue weighted by Gasteiger charge is 2.41. The van der Waals surface area contributed by atoms with Gasteiger partial charge in [-0.05, 0) is 12.8 Å². The van der Waals surface area contributed by atoms with Crippen LogP contribution in [0.4, 0.5) is 4.39 Å². The van der Waals surface area contributed by atoms with Crippen molar-refractivity contribution in [3.8, 4) is 17.2 Å². The number of ether oxygens (including phenoxy) is 2. The highest BCUT2D eigenvalue weighted by atomic mass is 19.1. The van der Waals surface area contributed by atoms with Gasteiger partial charge in [0.05, 0.1) is 5.56 Å². The Labute approximate surface area is 111 Å². The summed E-state index contributed by atoms with van der Waals surface area (Å²) in [6.07, 6.45) is 4.90. The molecule has 0 spiro atoms. The van der Waals surface area contributed by atoms with Gasteiger partial charge >= 0.3 is 0 Å².